The van der Waals surface area contributed by atoms with Gasteiger partial charge < -0.3 is 10.1 Å². The summed E-state index contributed by atoms with van der Waals surface area (Å²) in [5.41, 5.74) is -1.12. The van der Waals surface area contributed by atoms with Crippen LogP contribution in [0.4, 0.5) is 18.9 Å². The second-order valence-corrected chi connectivity index (χ2v) is 3.94. The molecule has 1 aromatic carbocycles. The molecule has 0 aliphatic carbocycles. The van der Waals surface area contributed by atoms with Gasteiger partial charge in [0.1, 0.15) is 11.6 Å². The van der Waals surface area contributed by atoms with E-state index in [9.17, 15) is 22.8 Å². The number of ether oxygens (including phenoxy) is 1. The molecule has 1 N–H and O–H groups in total. The second kappa shape index (κ2) is 7.26. The molecule has 0 fully saturated rings. The summed E-state index contributed by atoms with van der Waals surface area (Å²) in [5, 5.41) is 11.3. The third-order valence-electron chi connectivity index (χ3n) is 2.42. The van der Waals surface area contributed by atoms with Crippen molar-refractivity contribution in [1.29, 1.82) is 5.26 Å². The van der Waals surface area contributed by atoms with Crippen molar-refractivity contribution >= 4 is 17.4 Å². The lowest BCUT2D eigenvalue weighted by atomic mass is 10.2. The second-order valence-electron chi connectivity index (χ2n) is 3.94. The van der Waals surface area contributed by atoms with E-state index in [1.807, 2.05) is 0 Å². The van der Waals surface area contributed by atoms with E-state index in [-0.39, 0.29) is 12.3 Å². The molecule has 0 amide bonds. The molecule has 0 spiro atoms. The summed E-state index contributed by atoms with van der Waals surface area (Å²) >= 11 is 0. The van der Waals surface area contributed by atoms with E-state index in [0.29, 0.717) is 0 Å². The number of rotatable bonds is 5. The minimum absolute atomic E-state index is 0.0182. The van der Waals surface area contributed by atoms with E-state index in [4.69, 9.17) is 5.26 Å². The fourth-order valence-electron chi connectivity index (χ4n) is 1.37. The highest BCUT2D eigenvalue weighted by molar-refractivity contribution is 6.41. The highest BCUT2D eigenvalue weighted by atomic mass is 19.4. The van der Waals surface area contributed by atoms with Gasteiger partial charge in [0.15, 0.2) is 0 Å². The largest absolute Gasteiger partial charge is 0.460 e. The molecule has 0 bridgehead atoms. The Hall–Kier alpha value is -2.82. The van der Waals surface area contributed by atoms with Crippen LogP contribution in [0, 0.1) is 11.3 Å². The number of benzene rings is 1. The van der Waals surface area contributed by atoms with Crippen molar-refractivity contribution in [2.24, 2.45) is 0 Å². The summed E-state index contributed by atoms with van der Waals surface area (Å²) in [6, 6.07) is 5.46. The van der Waals surface area contributed by atoms with Crippen molar-refractivity contribution in [2.75, 3.05) is 11.9 Å². The standard InChI is InChI=1S/C14H11F3N2O3/c1-2-22-13(21)12(20)9(7-18)8-19-11-5-3-10(4-6-11)14(15,16)17/h3-6,8,19H,2H2,1H3. The maximum atomic E-state index is 12.4. The molecule has 0 aliphatic rings. The predicted molar refractivity (Wildman–Crippen MR) is 70.4 cm³/mol. The zero-order valence-corrected chi connectivity index (χ0v) is 11.4. The number of halogens is 3. The molecular formula is C14H11F3N2O3. The van der Waals surface area contributed by atoms with Crippen LogP contribution in [-0.4, -0.2) is 18.4 Å². The summed E-state index contributed by atoms with van der Waals surface area (Å²) in [6.45, 7) is 1.48. The number of esters is 1. The maximum Gasteiger partial charge on any atom is 0.416 e. The molecule has 116 valence electrons. The highest BCUT2D eigenvalue weighted by Crippen LogP contribution is 2.29. The molecule has 0 saturated heterocycles. The molecule has 0 saturated carbocycles. The van der Waals surface area contributed by atoms with Gasteiger partial charge >= 0.3 is 12.1 Å². The zero-order valence-electron chi connectivity index (χ0n) is 11.4. The quantitative estimate of drug-likeness (QED) is 0.391. The molecule has 8 heteroatoms. The highest BCUT2D eigenvalue weighted by Gasteiger charge is 2.29. The lowest BCUT2D eigenvalue weighted by Crippen LogP contribution is -2.19. The molecule has 5 nitrogen and oxygen atoms in total. The predicted octanol–water partition coefficient (Wildman–Crippen LogP) is 2.66. The van der Waals surface area contributed by atoms with Crippen LogP contribution in [0.5, 0.6) is 0 Å². The number of anilines is 1. The minimum atomic E-state index is -4.45. The van der Waals surface area contributed by atoms with Crippen LogP contribution < -0.4 is 5.32 Å². The Bertz CT molecular complexity index is 628. The molecule has 0 radical (unpaired) electrons. The molecule has 0 unspecified atom stereocenters. The number of Topliss-reactive ketones (excluding diaryl/α,β-unsaturated/α-hetero) is 1. The van der Waals surface area contributed by atoms with E-state index in [1.165, 1.54) is 13.0 Å². The van der Waals surface area contributed by atoms with Gasteiger partial charge in [-0.1, -0.05) is 0 Å². The lowest BCUT2D eigenvalue weighted by Gasteiger charge is -2.07. The van der Waals surface area contributed by atoms with Gasteiger partial charge in [-0.25, -0.2) is 4.79 Å². The van der Waals surface area contributed by atoms with Crippen molar-refractivity contribution < 1.29 is 27.5 Å². The van der Waals surface area contributed by atoms with E-state index < -0.39 is 29.1 Å². The summed E-state index contributed by atoms with van der Waals surface area (Å²) in [5.74, 6) is -2.31. The SMILES string of the molecule is CCOC(=O)C(=O)C(C#N)=CNc1ccc(C(F)(F)F)cc1. The summed E-state index contributed by atoms with van der Waals surface area (Å²) in [7, 11) is 0. The van der Waals surface area contributed by atoms with Gasteiger partial charge in [-0.05, 0) is 31.2 Å². The van der Waals surface area contributed by atoms with Crippen LogP contribution in [0.1, 0.15) is 12.5 Å². The number of hydrogen-bond donors (Lipinski definition) is 1. The number of carbonyl (C=O) groups excluding carboxylic acids is 2. The molecule has 0 atom stereocenters. The topological polar surface area (TPSA) is 79.2 Å². The van der Waals surface area contributed by atoms with Crippen LogP contribution in [0.2, 0.25) is 0 Å². The van der Waals surface area contributed by atoms with Crippen molar-refractivity contribution in [2.45, 2.75) is 13.1 Å². The molecule has 1 aromatic rings. The Morgan fingerprint density at radius 1 is 1.32 bits per heavy atom. The van der Waals surface area contributed by atoms with Crippen molar-refractivity contribution in [1.82, 2.24) is 0 Å². The van der Waals surface area contributed by atoms with Crippen LogP contribution >= 0.6 is 0 Å². The molecular weight excluding hydrogens is 301 g/mol. The monoisotopic (exact) mass is 312 g/mol. The Kier molecular flexibility index (Phi) is 5.69. The van der Waals surface area contributed by atoms with E-state index in [2.05, 4.69) is 10.1 Å². The Morgan fingerprint density at radius 2 is 1.91 bits per heavy atom. The number of nitriles is 1. The van der Waals surface area contributed by atoms with E-state index in [1.54, 1.807) is 0 Å². The minimum Gasteiger partial charge on any atom is -0.460 e. The average Bonchev–Trinajstić information content (AvgIpc) is 2.47. The van der Waals surface area contributed by atoms with Crippen LogP contribution in [0.3, 0.4) is 0 Å². The summed E-state index contributed by atoms with van der Waals surface area (Å²) in [6.07, 6.45) is -3.52. The number of carbonyl (C=O) groups is 2. The average molecular weight is 312 g/mol. The third-order valence-corrected chi connectivity index (χ3v) is 2.42. The molecule has 0 aliphatic heterocycles. The number of nitrogens with zero attached hydrogens (tertiary/aromatic N) is 1. The van der Waals surface area contributed by atoms with Gasteiger partial charge in [0.05, 0.1) is 12.2 Å². The Balaban J connectivity index is 2.83. The fourth-order valence-corrected chi connectivity index (χ4v) is 1.37. The van der Waals surface area contributed by atoms with Crippen LogP contribution in [-0.2, 0) is 20.5 Å². The first-order valence-electron chi connectivity index (χ1n) is 6.05. The first kappa shape index (κ1) is 17.2. The molecule has 0 aromatic heterocycles. The maximum absolute atomic E-state index is 12.4. The number of hydrogen-bond acceptors (Lipinski definition) is 5. The fraction of sp³-hybridized carbons (Fsp3) is 0.214. The first-order valence-corrected chi connectivity index (χ1v) is 6.05. The Morgan fingerprint density at radius 3 is 2.36 bits per heavy atom. The first-order chi connectivity index (χ1) is 10.3. The molecule has 0 heterocycles. The Labute approximate surface area is 124 Å². The van der Waals surface area contributed by atoms with E-state index >= 15 is 0 Å². The van der Waals surface area contributed by atoms with Crippen molar-refractivity contribution in [3.05, 3.63) is 41.6 Å². The summed E-state index contributed by atoms with van der Waals surface area (Å²) < 4.78 is 41.6. The number of alkyl halides is 3. The van der Waals surface area contributed by atoms with Gasteiger partial charge in [-0.2, -0.15) is 18.4 Å². The van der Waals surface area contributed by atoms with Crippen LogP contribution in [0.25, 0.3) is 0 Å². The van der Waals surface area contributed by atoms with Gasteiger partial charge in [0, 0.05) is 11.9 Å². The smallest absolute Gasteiger partial charge is 0.416 e. The van der Waals surface area contributed by atoms with Gasteiger partial charge in [0.25, 0.3) is 5.78 Å². The number of nitrogens with one attached hydrogen (secondary N) is 1. The van der Waals surface area contributed by atoms with Gasteiger partial charge in [-0.15, -0.1) is 0 Å². The van der Waals surface area contributed by atoms with Gasteiger partial charge in [0.2, 0.25) is 0 Å². The normalized spacial score (nSPS) is 11.5. The summed E-state index contributed by atoms with van der Waals surface area (Å²) in [4.78, 5) is 22.7. The van der Waals surface area contributed by atoms with Crippen molar-refractivity contribution in [3.63, 3.8) is 0 Å². The van der Waals surface area contributed by atoms with E-state index in [0.717, 1.165) is 30.5 Å². The lowest BCUT2D eigenvalue weighted by molar-refractivity contribution is -0.151. The van der Waals surface area contributed by atoms with Crippen LogP contribution in [0.15, 0.2) is 36.0 Å². The van der Waals surface area contributed by atoms with Crippen molar-refractivity contribution in [3.8, 4) is 6.07 Å². The zero-order chi connectivity index (χ0) is 16.8. The third kappa shape index (κ3) is 4.63. The van der Waals surface area contributed by atoms with Gasteiger partial charge in [-0.3, -0.25) is 4.79 Å². The molecule has 22 heavy (non-hydrogen) atoms. The molecule has 1 rings (SSSR count). The number of ketones is 1.